The molecule has 7 nitrogen and oxygen atoms in total. The molecule has 1 aromatic rings. The van der Waals surface area contributed by atoms with Crippen molar-refractivity contribution in [2.75, 3.05) is 0 Å². The number of epoxide rings is 1. The van der Waals surface area contributed by atoms with E-state index < -0.39 is 34.6 Å². The molecule has 3 fully saturated rings. The molecule has 0 bridgehead atoms. The summed E-state index contributed by atoms with van der Waals surface area (Å²) < 4.78 is 12.3. The topological polar surface area (TPSA) is 105 Å². The molecule has 1 amide bonds. The predicted molar refractivity (Wildman–Crippen MR) is 137 cm³/mol. The summed E-state index contributed by atoms with van der Waals surface area (Å²) in [5.74, 6) is -2.10. The Bertz CT molecular complexity index is 1160. The molecule has 7 heteroatoms. The summed E-state index contributed by atoms with van der Waals surface area (Å²) in [5.41, 5.74) is -2.24. The van der Waals surface area contributed by atoms with E-state index in [-0.39, 0.29) is 41.6 Å². The first-order valence-electron chi connectivity index (χ1n) is 13.3. The second kappa shape index (κ2) is 8.91. The minimum Gasteiger partial charge on any atom is -0.457 e. The lowest BCUT2D eigenvalue weighted by molar-refractivity contribution is -0.162. The van der Waals surface area contributed by atoms with Gasteiger partial charge >= 0.3 is 5.97 Å². The van der Waals surface area contributed by atoms with Crippen molar-refractivity contribution in [2.24, 2.45) is 29.1 Å². The van der Waals surface area contributed by atoms with Gasteiger partial charge < -0.3 is 19.9 Å². The average Bonchev–Trinajstić information content (AvgIpc) is 3.46. The van der Waals surface area contributed by atoms with Gasteiger partial charge in [0.25, 0.3) is 0 Å². The van der Waals surface area contributed by atoms with Crippen LogP contribution in [0.4, 0.5) is 0 Å². The summed E-state index contributed by atoms with van der Waals surface area (Å²) >= 11 is 0. The van der Waals surface area contributed by atoms with Gasteiger partial charge in [-0.2, -0.15) is 0 Å². The maximum atomic E-state index is 14.3. The molecule has 5 rings (SSSR count). The third-order valence-corrected chi connectivity index (χ3v) is 9.34. The van der Waals surface area contributed by atoms with Gasteiger partial charge in [-0.05, 0) is 50.3 Å². The SMILES string of the molecule is CC(=O)OC1C=CC(C)(O)C(=O)C(C)CC=CC2C3OC3(C)C(C)C3C(Cc4ccccc4)NC(=O)C123. The maximum absolute atomic E-state index is 14.3. The first-order valence-corrected chi connectivity index (χ1v) is 13.3. The van der Waals surface area contributed by atoms with Crippen LogP contribution in [0.1, 0.15) is 46.6 Å². The van der Waals surface area contributed by atoms with Gasteiger partial charge in [0.05, 0.1) is 11.7 Å². The van der Waals surface area contributed by atoms with E-state index in [0.29, 0.717) is 12.8 Å². The maximum Gasteiger partial charge on any atom is 0.303 e. The van der Waals surface area contributed by atoms with Crippen molar-refractivity contribution in [1.29, 1.82) is 0 Å². The zero-order chi connectivity index (χ0) is 26.8. The Labute approximate surface area is 218 Å². The van der Waals surface area contributed by atoms with Gasteiger partial charge in [0.15, 0.2) is 5.78 Å². The van der Waals surface area contributed by atoms with Crippen LogP contribution >= 0.6 is 0 Å². The zero-order valence-electron chi connectivity index (χ0n) is 22.1. The van der Waals surface area contributed by atoms with Crippen LogP contribution in [0.25, 0.3) is 0 Å². The van der Waals surface area contributed by atoms with Crippen molar-refractivity contribution in [2.45, 2.75) is 76.9 Å². The summed E-state index contributed by atoms with van der Waals surface area (Å²) in [4.78, 5) is 39.7. The number of amides is 1. The van der Waals surface area contributed by atoms with Gasteiger partial charge in [-0.3, -0.25) is 14.4 Å². The molecule has 10 atom stereocenters. The number of hydrogen-bond acceptors (Lipinski definition) is 6. The highest BCUT2D eigenvalue weighted by Gasteiger charge is 2.78. The predicted octanol–water partition coefficient (Wildman–Crippen LogP) is 3.16. The Hall–Kier alpha value is -2.77. The van der Waals surface area contributed by atoms with Gasteiger partial charge in [0.2, 0.25) is 5.91 Å². The molecule has 4 aliphatic rings. The molecule has 198 valence electrons. The molecule has 2 aliphatic heterocycles. The van der Waals surface area contributed by atoms with E-state index in [4.69, 9.17) is 9.47 Å². The number of ketones is 1. The minimum atomic E-state index is -1.76. The molecule has 37 heavy (non-hydrogen) atoms. The number of rotatable bonds is 3. The Morgan fingerprint density at radius 1 is 1.16 bits per heavy atom. The number of carbonyl (C=O) groups excluding carboxylic acids is 3. The van der Waals surface area contributed by atoms with Crippen LogP contribution in [-0.4, -0.2) is 52.2 Å². The van der Waals surface area contributed by atoms with E-state index in [0.717, 1.165) is 5.56 Å². The van der Waals surface area contributed by atoms with Crippen molar-refractivity contribution < 1.29 is 29.0 Å². The van der Waals surface area contributed by atoms with Crippen LogP contribution in [0.15, 0.2) is 54.6 Å². The number of nitrogens with one attached hydrogen (secondary N) is 1. The lowest BCUT2D eigenvalue weighted by atomic mass is 9.51. The van der Waals surface area contributed by atoms with Crippen molar-refractivity contribution in [3.05, 3.63) is 60.2 Å². The number of benzene rings is 1. The third-order valence-electron chi connectivity index (χ3n) is 9.34. The van der Waals surface area contributed by atoms with Gasteiger partial charge in [0.1, 0.15) is 17.1 Å². The van der Waals surface area contributed by atoms with Crippen LogP contribution in [0, 0.1) is 29.1 Å². The molecule has 2 aliphatic carbocycles. The number of Topliss-reactive ketones (excluding diaryl/α,β-unsaturated/α-hetero) is 1. The lowest BCUT2D eigenvalue weighted by Crippen LogP contribution is -2.60. The lowest BCUT2D eigenvalue weighted by Gasteiger charge is -2.49. The van der Waals surface area contributed by atoms with Crippen molar-refractivity contribution in [1.82, 2.24) is 5.32 Å². The Morgan fingerprint density at radius 2 is 1.86 bits per heavy atom. The van der Waals surface area contributed by atoms with Crippen LogP contribution in [0.2, 0.25) is 0 Å². The van der Waals surface area contributed by atoms with E-state index in [1.54, 1.807) is 13.0 Å². The zero-order valence-corrected chi connectivity index (χ0v) is 22.1. The molecule has 2 N–H and O–H groups in total. The van der Waals surface area contributed by atoms with Crippen LogP contribution in [0.3, 0.4) is 0 Å². The normalized spacial score (nSPS) is 44.6. The van der Waals surface area contributed by atoms with Crippen LogP contribution < -0.4 is 5.32 Å². The molecule has 10 unspecified atom stereocenters. The van der Waals surface area contributed by atoms with Gasteiger partial charge in [-0.15, -0.1) is 0 Å². The summed E-state index contributed by atoms with van der Waals surface area (Å²) in [7, 11) is 0. The molecule has 2 saturated heterocycles. The summed E-state index contributed by atoms with van der Waals surface area (Å²) in [6.07, 6.45) is 6.72. The number of esters is 1. The summed E-state index contributed by atoms with van der Waals surface area (Å²) in [6.45, 7) is 8.76. The van der Waals surface area contributed by atoms with E-state index in [1.807, 2.05) is 42.5 Å². The first kappa shape index (κ1) is 25.9. The van der Waals surface area contributed by atoms with E-state index in [9.17, 15) is 19.5 Å². The molecule has 2 heterocycles. The Kier molecular flexibility index (Phi) is 6.23. The van der Waals surface area contributed by atoms with Crippen molar-refractivity contribution >= 4 is 17.7 Å². The van der Waals surface area contributed by atoms with Crippen molar-refractivity contribution in [3.63, 3.8) is 0 Å². The molecule has 0 radical (unpaired) electrons. The fraction of sp³-hybridized carbons (Fsp3) is 0.567. The number of fused-ring (bicyclic) bond motifs is 2. The summed E-state index contributed by atoms with van der Waals surface area (Å²) in [6, 6.07) is 9.82. The first-order chi connectivity index (χ1) is 17.4. The number of hydrogen-bond donors (Lipinski definition) is 2. The van der Waals surface area contributed by atoms with Gasteiger partial charge in [-0.1, -0.05) is 56.3 Å². The fourth-order valence-corrected chi connectivity index (χ4v) is 7.33. The van der Waals surface area contributed by atoms with Crippen molar-refractivity contribution in [3.8, 4) is 0 Å². The van der Waals surface area contributed by atoms with E-state index in [1.165, 1.54) is 19.9 Å². The number of allylic oxidation sites excluding steroid dienone is 1. The largest absolute Gasteiger partial charge is 0.457 e. The number of aliphatic hydroxyl groups is 1. The number of carbonyl (C=O) groups is 3. The monoisotopic (exact) mass is 507 g/mol. The average molecular weight is 508 g/mol. The van der Waals surface area contributed by atoms with E-state index in [2.05, 4.69) is 19.2 Å². The fourth-order valence-electron chi connectivity index (χ4n) is 7.33. The molecular formula is C30H37NO6. The quantitative estimate of drug-likeness (QED) is 0.370. The molecule has 0 aromatic heterocycles. The number of ether oxygens (including phenoxy) is 2. The van der Waals surface area contributed by atoms with Gasteiger partial charge in [-0.25, -0.2) is 0 Å². The third kappa shape index (κ3) is 3.98. The highest BCUT2D eigenvalue weighted by molar-refractivity contribution is 5.91. The molecule has 1 spiro atoms. The standard InChI is InChI=1S/C30H37NO6/c1-17-10-9-13-21-26-29(5,37-26)18(2)24-22(16-20-11-7-6-8-12-20)31-27(34)30(21,24)23(36-19(3)32)14-15-28(4,35)25(17)33/h6-9,11-15,17-18,21-24,26,35H,10,16H2,1-5H3,(H,31,34). The second-order valence-corrected chi connectivity index (χ2v) is 11.7. The smallest absolute Gasteiger partial charge is 0.303 e. The molecule has 1 aromatic carbocycles. The minimum absolute atomic E-state index is 0.0209. The molecule has 1 saturated carbocycles. The highest BCUT2D eigenvalue weighted by Crippen LogP contribution is 2.67. The Balaban J connectivity index is 1.70. The van der Waals surface area contributed by atoms with Crippen LogP contribution in [0.5, 0.6) is 0 Å². The van der Waals surface area contributed by atoms with Crippen LogP contribution in [-0.2, 0) is 30.3 Å². The Morgan fingerprint density at radius 3 is 2.54 bits per heavy atom. The highest BCUT2D eigenvalue weighted by atomic mass is 16.6. The summed E-state index contributed by atoms with van der Waals surface area (Å²) in [5, 5.41) is 14.3. The van der Waals surface area contributed by atoms with Gasteiger partial charge in [0, 0.05) is 30.7 Å². The second-order valence-electron chi connectivity index (χ2n) is 11.7. The van der Waals surface area contributed by atoms with E-state index >= 15 is 0 Å². The molecular weight excluding hydrogens is 470 g/mol.